The van der Waals surface area contributed by atoms with E-state index in [1.807, 2.05) is 25.1 Å². The maximum atomic E-state index is 13.8. The molecule has 1 saturated heterocycles. The number of nitrogens with two attached hydrogens (primary N) is 1. The molecular formula is C17H25F2N3O. The molecule has 1 aromatic carbocycles. The van der Waals surface area contributed by atoms with Gasteiger partial charge in [-0.15, -0.1) is 0 Å². The minimum atomic E-state index is -2.65. The van der Waals surface area contributed by atoms with Gasteiger partial charge >= 0.3 is 0 Å². The quantitative estimate of drug-likeness (QED) is 0.815. The molecule has 0 aliphatic carbocycles. The minimum absolute atomic E-state index is 0.0529. The number of halogens is 2. The third-order valence-electron chi connectivity index (χ3n) is 4.14. The zero-order valence-corrected chi connectivity index (χ0v) is 13.8. The van der Waals surface area contributed by atoms with Crippen molar-refractivity contribution >= 4 is 16.9 Å². The summed E-state index contributed by atoms with van der Waals surface area (Å²) >= 11 is 0. The molecule has 0 atom stereocenters. The highest BCUT2D eigenvalue weighted by Crippen LogP contribution is 2.37. The van der Waals surface area contributed by atoms with E-state index >= 15 is 0 Å². The van der Waals surface area contributed by atoms with Crippen molar-refractivity contribution in [2.24, 2.45) is 5.73 Å². The maximum Gasteiger partial charge on any atom is 0.265 e. The second kappa shape index (κ2) is 7.27. The topological polar surface area (TPSA) is 41.7 Å². The van der Waals surface area contributed by atoms with Crippen LogP contribution in [0.4, 0.5) is 20.2 Å². The fourth-order valence-electron chi connectivity index (χ4n) is 2.90. The molecule has 0 bridgehead atoms. The van der Waals surface area contributed by atoms with Crippen molar-refractivity contribution in [2.75, 3.05) is 43.3 Å². The normalized spacial score (nSPS) is 17.2. The van der Waals surface area contributed by atoms with Gasteiger partial charge in [0.1, 0.15) is 0 Å². The van der Waals surface area contributed by atoms with Crippen LogP contribution in [0, 0.1) is 0 Å². The van der Waals surface area contributed by atoms with Crippen molar-refractivity contribution in [3.63, 3.8) is 0 Å². The van der Waals surface area contributed by atoms with Gasteiger partial charge < -0.3 is 10.6 Å². The lowest BCUT2D eigenvalue weighted by Crippen LogP contribution is -2.43. The van der Waals surface area contributed by atoms with Crippen molar-refractivity contribution in [3.8, 4) is 0 Å². The van der Waals surface area contributed by atoms with Crippen molar-refractivity contribution in [1.29, 1.82) is 0 Å². The summed E-state index contributed by atoms with van der Waals surface area (Å²) in [5, 5.41) is 1.69. The second-order valence-electron chi connectivity index (χ2n) is 5.77. The molecule has 0 saturated carbocycles. The van der Waals surface area contributed by atoms with Crippen LogP contribution in [0.15, 0.2) is 24.8 Å². The summed E-state index contributed by atoms with van der Waals surface area (Å²) in [6.45, 7) is 7.19. The third kappa shape index (κ3) is 4.00. The number of alkyl halides is 2. The van der Waals surface area contributed by atoms with E-state index in [4.69, 9.17) is 10.6 Å². The summed E-state index contributed by atoms with van der Waals surface area (Å²) in [7, 11) is 1.57. The van der Waals surface area contributed by atoms with Gasteiger partial charge in [0.2, 0.25) is 0 Å². The van der Waals surface area contributed by atoms with Crippen LogP contribution >= 0.6 is 0 Å². The number of nitrogens with zero attached hydrogens (tertiary/aromatic N) is 2. The van der Waals surface area contributed by atoms with Gasteiger partial charge in [-0.25, -0.2) is 8.78 Å². The molecule has 0 spiro atoms. The average Bonchev–Trinajstić information content (AvgIpc) is 2.54. The van der Waals surface area contributed by atoms with Gasteiger partial charge in [-0.1, -0.05) is 12.6 Å². The van der Waals surface area contributed by atoms with E-state index in [-0.39, 0.29) is 13.0 Å². The molecule has 1 aliphatic rings. The second-order valence-corrected chi connectivity index (χ2v) is 5.77. The number of anilines is 2. The Morgan fingerprint density at radius 2 is 2.22 bits per heavy atom. The first-order valence-corrected chi connectivity index (χ1v) is 7.88. The number of hydroxylamine groups is 1. The first-order valence-electron chi connectivity index (χ1n) is 7.88. The van der Waals surface area contributed by atoms with Crippen LogP contribution in [0.25, 0.3) is 5.57 Å². The molecule has 0 aromatic heterocycles. The van der Waals surface area contributed by atoms with E-state index in [9.17, 15) is 8.78 Å². The molecule has 128 valence electrons. The highest BCUT2D eigenvalue weighted by atomic mass is 19.3. The van der Waals surface area contributed by atoms with E-state index in [1.165, 1.54) is 0 Å². The van der Waals surface area contributed by atoms with Crippen molar-refractivity contribution in [1.82, 2.24) is 0 Å². The van der Waals surface area contributed by atoms with Crippen molar-refractivity contribution in [3.05, 3.63) is 30.3 Å². The van der Waals surface area contributed by atoms with Gasteiger partial charge in [0, 0.05) is 26.1 Å². The van der Waals surface area contributed by atoms with Crippen LogP contribution in [0.1, 0.15) is 25.3 Å². The molecule has 0 radical (unpaired) electrons. The highest BCUT2D eigenvalue weighted by Gasteiger charge is 2.36. The van der Waals surface area contributed by atoms with E-state index < -0.39 is 5.92 Å². The van der Waals surface area contributed by atoms with Gasteiger partial charge in [0.05, 0.1) is 25.0 Å². The monoisotopic (exact) mass is 325 g/mol. The lowest BCUT2D eigenvalue weighted by Gasteiger charge is -2.36. The molecule has 4 nitrogen and oxygen atoms in total. The number of piperidine rings is 1. The first-order chi connectivity index (χ1) is 10.9. The summed E-state index contributed by atoms with van der Waals surface area (Å²) in [6.07, 6.45) is 0.422. The summed E-state index contributed by atoms with van der Waals surface area (Å²) < 4.78 is 27.6. The molecular weight excluding hydrogens is 300 g/mol. The van der Waals surface area contributed by atoms with Crippen LogP contribution in [-0.4, -0.2) is 39.2 Å². The van der Waals surface area contributed by atoms with Crippen LogP contribution in [0.2, 0.25) is 0 Å². The van der Waals surface area contributed by atoms with Crippen LogP contribution in [0.3, 0.4) is 0 Å². The predicted octanol–water partition coefficient (Wildman–Crippen LogP) is 3.28. The Balaban J connectivity index is 2.43. The molecule has 2 rings (SSSR count). The molecule has 0 unspecified atom stereocenters. The lowest BCUT2D eigenvalue weighted by molar-refractivity contribution is -0.0116. The standard InChI is InChI=1S/C17H25F2N3O/c1-4-22(23-3)16-10-14(13(2)11-20)6-7-15(16)21-9-5-8-17(18,19)12-21/h6-7,10H,2,4-5,8-9,11-12,20H2,1,3H3. The van der Waals surface area contributed by atoms with Gasteiger partial charge in [-0.2, -0.15) is 0 Å². The molecule has 23 heavy (non-hydrogen) atoms. The van der Waals surface area contributed by atoms with Gasteiger partial charge in [0.25, 0.3) is 5.92 Å². The summed E-state index contributed by atoms with van der Waals surface area (Å²) in [4.78, 5) is 7.13. The summed E-state index contributed by atoms with van der Waals surface area (Å²) in [5.74, 6) is -2.65. The molecule has 1 heterocycles. The fraction of sp³-hybridized carbons (Fsp3) is 0.529. The third-order valence-corrected chi connectivity index (χ3v) is 4.14. The number of hydrogen-bond donors (Lipinski definition) is 1. The Hall–Kier alpha value is -1.66. The number of hydrogen-bond acceptors (Lipinski definition) is 4. The zero-order valence-electron chi connectivity index (χ0n) is 13.8. The molecule has 1 aromatic rings. The lowest BCUT2D eigenvalue weighted by atomic mass is 10.0. The summed E-state index contributed by atoms with van der Waals surface area (Å²) in [5.41, 5.74) is 8.87. The smallest absolute Gasteiger partial charge is 0.265 e. The Morgan fingerprint density at radius 1 is 1.48 bits per heavy atom. The van der Waals surface area contributed by atoms with Crippen LogP contribution in [-0.2, 0) is 4.84 Å². The SMILES string of the molecule is C=C(CN)c1ccc(N2CCCC(F)(F)C2)c(N(CC)OC)c1. The molecule has 2 N–H and O–H groups in total. The minimum Gasteiger partial charge on any atom is -0.364 e. The Kier molecular flexibility index (Phi) is 5.59. The van der Waals surface area contributed by atoms with E-state index in [0.717, 1.165) is 22.5 Å². The van der Waals surface area contributed by atoms with Gasteiger partial charge in [0.15, 0.2) is 0 Å². The maximum absolute atomic E-state index is 13.8. The number of rotatable bonds is 6. The van der Waals surface area contributed by atoms with Crippen molar-refractivity contribution < 1.29 is 13.6 Å². The fourth-order valence-corrected chi connectivity index (χ4v) is 2.90. The molecule has 1 aliphatic heterocycles. The highest BCUT2D eigenvalue weighted by molar-refractivity contribution is 5.77. The van der Waals surface area contributed by atoms with Gasteiger partial charge in [-0.05, 0) is 36.6 Å². The van der Waals surface area contributed by atoms with Crippen LogP contribution in [0.5, 0.6) is 0 Å². The van der Waals surface area contributed by atoms with E-state index in [0.29, 0.717) is 26.1 Å². The van der Waals surface area contributed by atoms with Gasteiger partial charge in [-0.3, -0.25) is 9.90 Å². The molecule has 1 fully saturated rings. The molecule has 0 amide bonds. The van der Waals surface area contributed by atoms with Crippen molar-refractivity contribution in [2.45, 2.75) is 25.7 Å². The largest absolute Gasteiger partial charge is 0.364 e. The van der Waals surface area contributed by atoms with E-state index in [1.54, 1.807) is 17.1 Å². The molecule has 6 heteroatoms. The van der Waals surface area contributed by atoms with E-state index in [2.05, 4.69) is 6.58 Å². The Morgan fingerprint density at radius 3 is 2.78 bits per heavy atom. The van der Waals surface area contributed by atoms with Crippen LogP contribution < -0.4 is 15.7 Å². The predicted molar refractivity (Wildman–Crippen MR) is 91.0 cm³/mol. The average molecular weight is 325 g/mol. The Bertz CT molecular complexity index is 559. The zero-order chi connectivity index (χ0) is 17.0. The first kappa shape index (κ1) is 17.7. The summed E-state index contributed by atoms with van der Waals surface area (Å²) in [6, 6.07) is 5.64. The Labute approximate surface area is 136 Å². The number of benzene rings is 1.